The lowest BCUT2D eigenvalue weighted by Gasteiger charge is -2.15. The minimum absolute atomic E-state index is 0.172. The second-order valence-electron chi connectivity index (χ2n) is 4.24. The van der Waals surface area contributed by atoms with Crippen LogP contribution in [0.25, 0.3) is 10.8 Å². The molecule has 0 amide bonds. The van der Waals surface area contributed by atoms with Crippen LogP contribution >= 0.6 is 11.3 Å². The number of furan rings is 1. The lowest BCUT2D eigenvalue weighted by Crippen LogP contribution is -2.15. The predicted molar refractivity (Wildman–Crippen MR) is 64.4 cm³/mol. The molecule has 0 spiro atoms. The monoisotopic (exact) mass is 234 g/mol. The summed E-state index contributed by atoms with van der Waals surface area (Å²) in [7, 11) is 0. The number of aryl methyl sites for hydroxylation is 2. The highest BCUT2D eigenvalue weighted by Gasteiger charge is 2.22. The topological polar surface area (TPSA) is 52.0 Å². The van der Waals surface area contributed by atoms with Crippen molar-refractivity contribution >= 4 is 11.3 Å². The summed E-state index contributed by atoms with van der Waals surface area (Å²) < 4.78 is 5.59. The van der Waals surface area contributed by atoms with E-state index < -0.39 is 0 Å². The molecular formula is C12H14N2OS. The molecule has 1 aliphatic rings. The van der Waals surface area contributed by atoms with Gasteiger partial charge in [-0.2, -0.15) is 0 Å². The van der Waals surface area contributed by atoms with Crippen LogP contribution < -0.4 is 5.73 Å². The fourth-order valence-electron chi connectivity index (χ4n) is 2.11. The SMILES string of the molecule is Cc1ccc(-c2nc3c(s2)C(N)CCC3)o1. The van der Waals surface area contributed by atoms with Gasteiger partial charge in [-0.3, -0.25) is 0 Å². The number of nitrogens with zero attached hydrogens (tertiary/aromatic N) is 1. The van der Waals surface area contributed by atoms with E-state index in [-0.39, 0.29) is 6.04 Å². The fourth-order valence-corrected chi connectivity index (χ4v) is 3.22. The highest BCUT2D eigenvalue weighted by atomic mass is 32.1. The summed E-state index contributed by atoms with van der Waals surface area (Å²) in [5, 5.41) is 0.968. The van der Waals surface area contributed by atoms with Crippen molar-refractivity contribution in [2.45, 2.75) is 32.2 Å². The summed E-state index contributed by atoms with van der Waals surface area (Å²) in [5.74, 6) is 1.79. The van der Waals surface area contributed by atoms with Gasteiger partial charge in [0.15, 0.2) is 10.8 Å². The molecule has 0 radical (unpaired) electrons. The van der Waals surface area contributed by atoms with Crippen LogP contribution in [0, 0.1) is 6.92 Å². The molecule has 2 aromatic rings. The molecule has 0 saturated carbocycles. The van der Waals surface area contributed by atoms with Gasteiger partial charge >= 0.3 is 0 Å². The van der Waals surface area contributed by atoms with Crippen molar-refractivity contribution in [3.8, 4) is 10.8 Å². The molecule has 3 rings (SSSR count). The predicted octanol–water partition coefficient (Wildman–Crippen LogP) is 3.05. The number of fused-ring (bicyclic) bond motifs is 1. The molecule has 2 heterocycles. The minimum atomic E-state index is 0.172. The van der Waals surface area contributed by atoms with Crippen molar-refractivity contribution < 1.29 is 4.42 Å². The largest absolute Gasteiger partial charge is 0.459 e. The molecule has 16 heavy (non-hydrogen) atoms. The first kappa shape index (κ1) is 10.1. The first-order valence-corrected chi connectivity index (χ1v) is 6.37. The average molecular weight is 234 g/mol. The Morgan fingerprint density at radius 2 is 2.38 bits per heavy atom. The van der Waals surface area contributed by atoms with Crippen molar-refractivity contribution in [3.05, 3.63) is 28.5 Å². The van der Waals surface area contributed by atoms with Crippen LogP contribution in [0.15, 0.2) is 16.5 Å². The Labute approximate surface area is 98.3 Å². The van der Waals surface area contributed by atoms with Crippen LogP contribution in [-0.2, 0) is 6.42 Å². The molecule has 0 fully saturated rings. The molecule has 0 saturated heterocycles. The zero-order valence-electron chi connectivity index (χ0n) is 9.19. The summed E-state index contributed by atoms with van der Waals surface area (Å²) >= 11 is 1.68. The Morgan fingerprint density at radius 1 is 1.50 bits per heavy atom. The Hall–Kier alpha value is -1.13. The van der Waals surface area contributed by atoms with Crippen LogP contribution in [0.3, 0.4) is 0 Å². The molecule has 1 unspecified atom stereocenters. The van der Waals surface area contributed by atoms with Crippen molar-refractivity contribution in [1.82, 2.24) is 4.98 Å². The maximum Gasteiger partial charge on any atom is 0.162 e. The molecule has 84 valence electrons. The Balaban J connectivity index is 2.04. The fraction of sp³-hybridized carbons (Fsp3) is 0.417. The third-order valence-electron chi connectivity index (χ3n) is 2.94. The van der Waals surface area contributed by atoms with Crippen LogP contribution in [0.5, 0.6) is 0 Å². The zero-order valence-corrected chi connectivity index (χ0v) is 10.0. The number of nitrogens with two attached hydrogens (primary N) is 1. The van der Waals surface area contributed by atoms with Crippen LogP contribution in [-0.4, -0.2) is 4.98 Å². The van der Waals surface area contributed by atoms with E-state index in [1.807, 2.05) is 19.1 Å². The molecule has 1 aliphatic carbocycles. The molecule has 3 nitrogen and oxygen atoms in total. The number of hydrogen-bond acceptors (Lipinski definition) is 4. The van der Waals surface area contributed by atoms with Gasteiger partial charge in [0.05, 0.1) is 5.69 Å². The van der Waals surface area contributed by atoms with Gasteiger partial charge < -0.3 is 10.2 Å². The highest BCUT2D eigenvalue weighted by Crippen LogP contribution is 2.37. The van der Waals surface area contributed by atoms with E-state index in [2.05, 4.69) is 4.98 Å². The number of rotatable bonds is 1. The maximum absolute atomic E-state index is 6.08. The Bertz CT molecular complexity index is 515. The third-order valence-corrected chi connectivity index (χ3v) is 4.19. The lowest BCUT2D eigenvalue weighted by molar-refractivity contribution is 0.547. The standard InChI is InChI=1S/C12H14N2OS/c1-7-5-6-10(15-7)12-14-9-4-2-3-8(13)11(9)16-12/h5-6,8H,2-4,13H2,1H3. The molecule has 1 atom stereocenters. The van der Waals surface area contributed by atoms with Gasteiger partial charge in [-0.1, -0.05) is 0 Å². The van der Waals surface area contributed by atoms with Crippen molar-refractivity contribution in [1.29, 1.82) is 0 Å². The zero-order chi connectivity index (χ0) is 11.1. The van der Waals surface area contributed by atoms with Gasteiger partial charge in [-0.25, -0.2) is 4.98 Å². The van der Waals surface area contributed by atoms with Crippen LogP contribution in [0.1, 0.15) is 35.2 Å². The van der Waals surface area contributed by atoms with E-state index >= 15 is 0 Å². The molecular weight excluding hydrogens is 220 g/mol. The second-order valence-corrected chi connectivity index (χ2v) is 5.27. The summed E-state index contributed by atoms with van der Waals surface area (Å²) in [6.07, 6.45) is 3.28. The molecule has 2 N–H and O–H groups in total. The Kier molecular flexibility index (Phi) is 2.33. The van der Waals surface area contributed by atoms with E-state index in [1.165, 1.54) is 10.6 Å². The molecule has 2 aromatic heterocycles. The van der Waals surface area contributed by atoms with Gasteiger partial charge in [0, 0.05) is 10.9 Å². The normalized spacial score (nSPS) is 19.8. The molecule has 4 heteroatoms. The average Bonchev–Trinajstić information content (AvgIpc) is 2.84. The highest BCUT2D eigenvalue weighted by molar-refractivity contribution is 7.15. The number of aromatic nitrogens is 1. The quantitative estimate of drug-likeness (QED) is 0.825. The summed E-state index contributed by atoms with van der Waals surface area (Å²) in [6, 6.07) is 4.12. The minimum Gasteiger partial charge on any atom is -0.459 e. The van der Waals surface area contributed by atoms with Crippen molar-refractivity contribution in [3.63, 3.8) is 0 Å². The van der Waals surface area contributed by atoms with Gasteiger partial charge in [0.1, 0.15) is 5.76 Å². The van der Waals surface area contributed by atoms with Gasteiger partial charge in [-0.05, 0) is 38.3 Å². The lowest BCUT2D eigenvalue weighted by atomic mass is 9.99. The van der Waals surface area contributed by atoms with Crippen molar-refractivity contribution in [2.75, 3.05) is 0 Å². The van der Waals surface area contributed by atoms with E-state index in [0.717, 1.165) is 35.8 Å². The van der Waals surface area contributed by atoms with E-state index in [0.29, 0.717) is 0 Å². The molecule has 0 aromatic carbocycles. The number of hydrogen-bond donors (Lipinski definition) is 1. The van der Waals surface area contributed by atoms with Gasteiger partial charge in [-0.15, -0.1) is 11.3 Å². The van der Waals surface area contributed by atoms with Crippen LogP contribution in [0.2, 0.25) is 0 Å². The van der Waals surface area contributed by atoms with Gasteiger partial charge in [0.25, 0.3) is 0 Å². The first-order valence-electron chi connectivity index (χ1n) is 5.56. The summed E-state index contributed by atoms with van der Waals surface area (Å²) in [4.78, 5) is 5.88. The second kappa shape index (κ2) is 3.71. The first-order chi connectivity index (χ1) is 7.74. The van der Waals surface area contributed by atoms with E-state index in [4.69, 9.17) is 10.2 Å². The van der Waals surface area contributed by atoms with E-state index in [9.17, 15) is 0 Å². The number of thiazole rings is 1. The Morgan fingerprint density at radius 3 is 3.06 bits per heavy atom. The van der Waals surface area contributed by atoms with Crippen molar-refractivity contribution in [2.24, 2.45) is 5.73 Å². The van der Waals surface area contributed by atoms with Gasteiger partial charge in [0.2, 0.25) is 0 Å². The molecule has 0 aliphatic heterocycles. The van der Waals surface area contributed by atoms with E-state index in [1.54, 1.807) is 11.3 Å². The summed E-state index contributed by atoms with van der Waals surface area (Å²) in [5.41, 5.74) is 7.26. The molecule has 0 bridgehead atoms. The maximum atomic E-state index is 6.08. The summed E-state index contributed by atoms with van der Waals surface area (Å²) in [6.45, 7) is 1.95. The third kappa shape index (κ3) is 1.58. The van der Waals surface area contributed by atoms with Crippen LogP contribution in [0.4, 0.5) is 0 Å². The smallest absolute Gasteiger partial charge is 0.162 e.